The van der Waals surface area contributed by atoms with Crippen LogP contribution in [0.25, 0.3) is 0 Å². The molecule has 122 valence electrons. The highest BCUT2D eigenvalue weighted by Crippen LogP contribution is 2.21. The molecule has 1 rings (SSSR count). The van der Waals surface area contributed by atoms with Gasteiger partial charge in [-0.3, -0.25) is 9.59 Å². The zero-order chi connectivity index (χ0) is 16.5. The summed E-state index contributed by atoms with van der Waals surface area (Å²) in [5.74, 6) is 0.779. The van der Waals surface area contributed by atoms with Gasteiger partial charge in [-0.05, 0) is 30.0 Å². The van der Waals surface area contributed by atoms with Crippen LogP contribution in [0.5, 0.6) is 5.75 Å². The molecule has 1 amide bonds. The molecule has 1 N–H and O–H groups in total. The molecule has 1 atom stereocenters. The number of benzene rings is 1. The molecule has 0 bridgehead atoms. The molecule has 0 fully saturated rings. The summed E-state index contributed by atoms with van der Waals surface area (Å²) in [6.45, 7) is 4.14. The molecule has 1 aromatic carbocycles. The fourth-order valence-corrected chi connectivity index (χ4v) is 2.02. The smallest absolute Gasteiger partial charge is 0.307 e. The van der Waals surface area contributed by atoms with Crippen LogP contribution in [0.3, 0.4) is 0 Å². The second-order valence-corrected chi connectivity index (χ2v) is 5.61. The third-order valence-electron chi connectivity index (χ3n) is 3.40. The summed E-state index contributed by atoms with van der Waals surface area (Å²) in [7, 11) is 2.93. The number of carbonyl (C=O) groups excluding carboxylic acids is 2. The van der Waals surface area contributed by atoms with Gasteiger partial charge in [0.2, 0.25) is 5.91 Å². The topological polar surface area (TPSA) is 64.6 Å². The fraction of sp³-hybridized carbons (Fsp3) is 0.529. The number of hydrogen-bond acceptors (Lipinski definition) is 4. The van der Waals surface area contributed by atoms with Crippen LogP contribution in [0.4, 0.5) is 0 Å². The van der Waals surface area contributed by atoms with E-state index in [4.69, 9.17) is 9.47 Å². The first-order valence-electron chi connectivity index (χ1n) is 7.46. The number of esters is 1. The van der Waals surface area contributed by atoms with Crippen molar-refractivity contribution < 1.29 is 19.1 Å². The lowest BCUT2D eigenvalue weighted by atomic mass is 10.0. The van der Waals surface area contributed by atoms with Gasteiger partial charge in [0.15, 0.2) is 0 Å². The molecule has 5 nitrogen and oxygen atoms in total. The van der Waals surface area contributed by atoms with E-state index in [0.717, 1.165) is 17.7 Å². The predicted molar refractivity (Wildman–Crippen MR) is 84.6 cm³/mol. The van der Waals surface area contributed by atoms with E-state index >= 15 is 0 Å². The molecule has 22 heavy (non-hydrogen) atoms. The van der Waals surface area contributed by atoms with E-state index in [2.05, 4.69) is 19.2 Å². The monoisotopic (exact) mass is 307 g/mol. The first-order valence-corrected chi connectivity index (χ1v) is 7.46. The lowest BCUT2D eigenvalue weighted by molar-refractivity contribution is -0.141. The standard InChI is InChI=1S/C17H25NO4/c1-12(2)5-10-16(19)18-15(11-17(20)22-4)13-6-8-14(21-3)9-7-13/h6-9,12,15H,5,10-11H2,1-4H3,(H,18,19). The van der Waals surface area contributed by atoms with Crippen molar-refractivity contribution in [2.24, 2.45) is 5.92 Å². The average Bonchev–Trinajstić information content (AvgIpc) is 2.52. The van der Waals surface area contributed by atoms with Gasteiger partial charge in [0.05, 0.1) is 26.7 Å². The Morgan fingerprint density at radius 2 is 1.77 bits per heavy atom. The summed E-state index contributed by atoms with van der Waals surface area (Å²) in [6.07, 6.45) is 1.38. The Bertz CT molecular complexity index is 482. The molecule has 0 radical (unpaired) electrons. The molecule has 0 aromatic heterocycles. The van der Waals surface area contributed by atoms with E-state index in [-0.39, 0.29) is 18.3 Å². The Morgan fingerprint density at radius 3 is 2.27 bits per heavy atom. The van der Waals surface area contributed by atoms with Crippen molar-refractivity contribution in [2.75, 3.05) is 14.2 Å². The van der Waals surface area contributed by atoms with E-state index in [1.807, 2.05) is 12.1 Å². The summed E-state index contributed by atoms with van der Waals surface area (Å²) in [6, 6.07) is 6.91. The van der Waals surface area contributed by atoms with Crippen molar-refractivity contribution >= 4 is 11.9 Å². The first kappa shape index (κ1) is 18.0. The number of rotatable bonds is 8. The summed E-state index contributed by atoms with van der Waals surface area (Å²) < 4.78 is 9.83. The zero-order valence-electron chi connectivity index (χ0n) is 13.7. The minimum absolute atomic E-state index is 0.0570. The van der Waals surface area contributed by atoms with Gasteiger partial charge in [-0.25, -0.2) is 0 Å². The summed E-state index contributed by atoms with van der Waals surface area (Å²) >= 11 is 0. The van der Waals surface area contributed by atoms with Gasteiger partial charge >= 0.3 is 5.97 Å². The van der Waals surface area contributed by atoms with E-state index in [0.29, 0.717) is 12.3 Å². The summed E-state index contributed by atoms with van der Waals surface area (Å²) in [5, 5.41) is 2.91. The molecular formula is C17H25NO4. The maximum absolute atomic E-state index is 12.0. The van der Waals surface area contributed by atoms with Gasteiger partial charge in [0, 0.05) is 6.42 Å². The molecule has 0 saturated heterocycles. The van der Waals surface area contributed by atoms with Crippen LogP contribution >= 0.6 is 0 Å². The minimum Gasteiger partial charge on any atom is -0.497 e. The maximum Gasteiger partial charge on any atom is 0.307 e. The highest BCUT2D eigenvalue weighted by Gasteiger charge is 2.19. The number of amides is 1. The van der Waals surface area contributed by atoms with Gasteiger partial charge in [0.1, 0.15) is 5.75 Å². The van der Waals surface area contributed by atoms with Gasteiger partial charge < -0.3 is 14.8 Å². The van der Waals surface area contributed by atoms with Crippen molar-refractivity contribution in [3.8, 4) is 5.75 Å². The first-order chi connectivity index (χ1) is 10.5. The van der Waals surface area contributed by atoms with Crippen molar-refractivity contribution in [3.63, 3.8) is 0 Å². The predicted octanol–water partition coefficient (Wildman–Crippen LogP) is 2.85. The van der Waals surface area contributed by atoms with Crippen LogP contribution in [-0.4, -0.2) is 26.1 Å². The van der Waals surface area contributed by atoms with E-state index in [9.17, 15) is 9.59 Å². The van der Waals surface area contributed by atoms with Crippen molar-refractivity contribution in [2.45, 2.75) is 39.2 Å². The van der Waals surface area contributed by atoms with E-state index in [1.165, 1.54) is 7.11 Å². The Kier molecular flexibility index (Phi) is 7.43. The van der Waals surface area contributed by atoms with Crippen LogP contribution in [0.15, 0.2) is 24.3 Å². The largest absolute Gasteiger partial charge is 0.497 e. The third kappa shape index (κ3) is 6.16. The van der Waals surface area contributed by atoms with Crippen molar-refractivity contribution in [3.05, 3.63) is 29.8 Å². The van der Waals surface area contributed by atoms with Gasteiger partial charge in [-0.1, -0.05) is 26.0 Å². The van der Waals surface area contributed by atoms with Crippen LogP contribution in [0.2, 0.25) is 0 Å². The minimum atomic E-state index is -0.391. The number of carbonyl (C=O) groups is 2. The Balaban J connectivity index is 2.78. The Morgan fingerprint density at radius 1 is 1.14 bits per heavy atom. The second kappa shape index (κ2) is 9.07. The Labute approximate surface area is 132 Å². The van der Waals surface area contributed by atoms with Gasteiger partial charge in [-0.15, -0.1) is 0 Å². The second-order valence-electron chi connectivity index (χ2n) is 5.61. The maximum atomic E-state index is 12.0. The highest BCUT2D eigenvalue weighted by atomic mass is 16.5. The SMILES string of the molecule is COC(=O)CC(NC(=O)CCC(C)C)c1ccc(OC)cc1. The van der Waals surface area contributed by atoms with E-state index in [1.54, 1.807) is 19.2 Å². The number of methoxy groups -OCH3 is 2. The normalized spacial score (nSPS) is 11.9. The molecule has 0 heterocycles. The fourth-order valence-electron chi connectivity index (χ4n) is 2.02. The molecule has 0 aliphatic rings. The molecule has 1 unspecified atom stereocenters. The summed E-state index contributed by atoms with van der Waals surface area (Å²) in [4.78, 5) is 23.6. The van der Waals surface area contributed by atoms with Crippen LogP contribution < -0.4 is 10.1 Å². The number of nitrogens with one attached hydrogen (secondary N) is 1. The molecule has 0 aliphatic heterocycles. The summed E-state index contributed by atoms with van der Waals surface area (Å²) in [5.41, 5.74) is 0.851. The molecule has 5 heteroatoms. The quantitative estimate of drug-likeness (QED) is 0.750. The molecule has 1 aromatic rings. The van der Waals surface area contributed by atoms with Crippen LogP contribution in [0.1, 0.15) is 44.7 Å². The molecule has 0 saturated carbocycles. The van der Waals surface area contributed by atoms with Crippen LogP contribution in [-0.2, 0) is 14.3 Å². The molecule has 0 aliphatic carbocycles. The van der Waals surface area contributed by atoms with Gasteiger partial charge in [0.25, 0.3) is 0 Å². The Hall–Kier alpha value is -2.04. The number of hydrogen-bond donors (Lipinski definition) is 1. The molecule has 0 spiro atoms. The van der Waals surface area contributed by atoms with Crippen LogP contribution in [0, 0.1) is 5.92 Å². The zero-order valence-corrected chi connectivity index (χ0v) is 13.7. The van der Waals surface area contributed by atoms with Crippen molar-refractivity contribution in [1.29, 1.82) is 0 Å². The van der Waals surface area contributed by atoms with Crippen molar-refractivity contribution in [1.82, 2.24) is 5.32 Å². The lowest BCUT2D eigenvalue weighted by Crippen LogP contribution is -2.30. The lowest BCUT2D eigenvalue weighted by Gasteiger charge is -2.19. The molecular weight excluding hydrogens is 282 g/mol. The third-order valence-corrected chi connectivity index (χ3v) is 3.40. The average molecular weight is 307 g/mol. The van der Waals surface area contributed by atoms with E-state index < -0.39 is 6.04 Å². The van der Waals surface area contributed by atoms with Gasteiger partial charge in [-0.2, -0.15) is 0 Å². The highest BCUT2D eigenvalue weighted by molar-refractivity contribution is 5.78. The number of ether oxygens (including phenoxy) is 2.